The topological polar surface area (TPSA) is 9.23 Å². The molecule has 0 aliphatic heterocycles. The summed E-state index contributed by atoms with van der Waals surface area (Å²) >= 11 is 0. The number of hydrogen-bond donors (Lipinski definition) is 0. The van der Waals surface area contributed by atoms with Crippen molar-refractivity contribution in [2.24, 2.45) is 11.8 Å². The number of allylic oxidation sites excluding steroid dienone is 5. The molecule has 0 aromatic rings. The number of ether oxygens (including phenoxy) is 1. The van der Waals surface area contributed by atoms with Crippen LogP contribution in [0.1, 0.15) is 13.8 Å². The summed E-state index contributed by atoms with van der Waals surface area (Å²) < 4.78 is 5.30. The zero-order valence-corrected chi connectivity index (χ0v) is 7.95. The molecule has 0 bridgehead atoms. The van der Waals surface area contributed by atoms with Gasteiger partial charge in [0.15, 0.2) is 0 Å². The SMILES string of the molecule is COC1=CC=CC=CC1C(C)C. The molecule has 0 aromatic heterocycles. The van der Waals surface area contributed by atoms with E-state index in [1.165, 1.54) is 0 Å². The van der Waals surface area contributed by atoms with E-state index in [1.807, 2.05) is 18.2 Å². The third-order valence-corrected chi connectivity index (χ3v) is 2.08. The molecular weight excluding hydrogens is 148 g/mol. The van der Waals surface area contributed by atoms with Gasteiger partial charge in [0, 0.05) is 5.92 Å². The molecule has 1 unspecified atom stereocenters. The van der Waals surface area contributed by atoms with Crippen molar-refractivity contribution in [3.63, 3.8) is 0 Å². The Labute approximate surface area is 74.4 Å². The van der Waals surface area contributed by atoms with Crippen molar-refractivity contribution in [2.75, 3.05) is 7.11 Å². The summed E-state index contributed by atoms with van der Waals surface area (Å²) in [6.07, 6.45) is 10.3. The second-order valence-electron chi connectivity index (χ2n) is 3.31. The lowest BCUT2D eigenvalue weighted by molar-refractivity contribution is 0.237. The van der Waals surface area contributed by atoms with Gasteiger partial charge in [-0.2, -0.15) is 0 Å². The highest BCUT2D eigenvalue weighted by Crippen LogP contribution is 2.23. The van der Waals surface area contributed by atoms with Gasteiger partial charge in [-0.1, -0.05) is 38.2 Å². The molecule has 1 nitrogen and oxygen atoms in total. The van der Waals surface area contributed by atoms with E-state index in [1.54, 1.807) is 7.11 Å². The Morgan fingerprint density at radius 1 is 1.25 bits per heavy atom. The first kappa shape index (κ1) is 9.11. The van der Waals surface area contributed by atoms with Crippen LogP contribution in [0.15, 0.2) is 36.1 Å². The highest BCUT2D eigenvalue weighted by Gasteiger charge is 2.15. The number of methoxy groups -OCH3 is 1. The molecule has 1 aliphatic carbocycles. The van der Waals surface area contributed by atoms with E-state index in [4.69, 9.17) is 4.74 Å². The van der Waals surface area contributed by atoms with E-state index < -0.39 is 0 Å². The van der Waals surface area contributed by atoms with E-state index in [2.05, 4.69) is 26.0 Å². The van der Waals surface area contributed by atoms with E-state index in [-0.39, 0.29) is 0 Å². The fourth-order valence-corrected chi connectivity index (χ4v) is 1.36. The molecule has 12 heavy (non-hydrogen) atoms. The Balaban J connectivity index is 2.83. The van der Waals surface area contributed by atoms with Crippen molar-refractivity contribution in [3.8, 4) is 0 Å². The third-order valence-electron chi connectivity index (χ3n) is 2.08. The quantitative estimate of drug-likeness (QED) is 0.609. The summed E-state index contributed by atoms with van der Waals surface area (Å²) in [5.74, 6) is 2.06. The highest BCUT2D eigenvalue weighted by molar-refractivity contribution is 5.23. The molecule has 0 N–H and O–H groups in total. The maximum Gasteiger partial charge on any atom is 0.103 e. The summed E-state index contributed by atoms with van der Waals surface area (Å²) in [5, 5.41) is 0. The van der Waals surface area contributed by atoms with Crippen LogP contribution in [0.3, 0.4) is 0 Å². The lowest BCUT2D eigenvalue weighted by Gasteiger charge is -2.18. The van der Waals surface area contributed by atoms with E-state index >= 15 is 0 Å². The summed E-state index contributed by atoms with van der Waals surface area (Å²) in [7, 11) is 1.73. The van der Waals surface area contributed by atoms with Crippen LogP contribution in [0.4, 0.5) is 0 Å². The number of rotatable bonds is 2. The van der Waals surface area contributed by atoms with Gasteiger partial charge in [0.2, 0.25) is 0 Å². The lowest BCUT2D eigenvalue weighted by atomic mass is 9.93. The van der Waals surface area contributed by atoms with E-state index in [0.29, 0.717) is 11.8 Å². The molecule has 1 atom stereocenters. The van der Waals surface area contributed by atoms with Crippen LogP contribution >= 0.6 is 0 Å². The summed E-state index contributed by atoms with van der Waals surface area (Å²) in [5.41, 5.74) is 0. The molecule has 0 aromatic carbocycles. The van der Waals surface area contributed by atoms with Gasteiger partial charge >= 0.3 is 0 Å². The van der Waals surface area contributed by atoms with Gasteiger partial charge < -0.3 is 4.74 Å². The molecule has 1 heteroatoms. The molecule has 0 fully saturated rings. The minimum absolute atomic E-state index is 0.421. The molecule has 0 heterocycles. The molecular formula is C11H16O. The normalized spacial score (nSPS) is 22.3. The van der Waals surface area contributed by atoms with Gasteiger partial charge in [-0.05, 0) is 12.0 Å². The fraction of sp³-hybridized carbons (Fsp3) is 0.455. The summed E-state index contributed by atoms with van der Waals surface area (Å²) in [4.78, 5) is 0. The van der Waals surface area contributed by atoms with Crippen LogP contribution in [0.2, 0.25) is 0 Å². The first-order valence-electron chi connectivity index (χ1n) is 4.34. The largest absolute Gasteiger partial charge is 0.500 e. The Morgan fingerprint density at radius 2 is 2.00 bits per heavy atom. The average Bonchev–Trinajstić information content (AvgIpc) is 2.27. The smallest absolute Gasteiger partial charge is 0.103 e. The van der Waals surface area contributed by atoms with Crippen LogP contribution in [0, 0.1) is 11.8 Å². The van der Waals surface area contributed by atoms with Gasteiger partial charge in [0.05, 0.1) is 7.11 Å². The second kappa shape index (κ2) is 4.15. The van der Waals surface area contributed by atoms with Crippen LogP contribution in [0.5, 0.6) is 0 Å². The predicted octanol–water partition coefficient (Wildman–Crippen LogP) is 2.91. The van der Waals surface area contributed by atoms with E-state index in [0.717, 1.165) is 5.76 Å². The zero-order chi connectivity index (χ0) is 8.97. The summed E-state index contributed by atoms with van der Waals surface area (Å²) in [6, 6.07) is 0. The van der Waals surface area contributed by atoms with Gasteiger partial charge in [-0.25, -0.2) is 0 Å². The highest BCUT2D eigenvalue weighted by atomic mass is 16.5. The lowest BCUT2D eigenvalue weighted by Crippen LogP contribution is -2.09. The van der Waals surface area contributed by atoms with Gasteiger partial charge in [0.1, 0.15) is 5.76 Å². The number of hydrogen-bond acceptors (Lipinski definition) is 1. The Kier molecular flexibility index (Phi) is 3.15. The average molecular weight is 164 g/mol. The molecule has 0 saturated carbocycles. The van der Waals surface area contributed by atoms with Crippen molar-refractivity contribution in [1.29, 1.82) is 0 Å². The molecule has 66 valence electrons. The van der Waals surface area contributed by atoms with Crippen LogP contribution < -0.4 is 0 Å². The van der Waals surface area contributed by atoms with Crippen LogP contribution in [-0.4, -0.2) is 7.11 Å². The van der Waals surface area contributed by atoms with Crippen molar-refractivity contribution in [1.82, 2.24) is 0 Å². The Morgan fingerprint density at radius 3 is 2.58 bits per heavy atom. The van der Waals surface area contributed by atoms with Gasteiger partial charge in [0.25, 0.3) is 0 Å². The van der Waals surface area contributed by atoms with Crippen molar-refractivity contribution in [2.45, 2.75) is 13.8 Å². The standard InChI is InChI=1S/C11H16O/c1-9(2)10-7-5-4-6-8-11(10)12-3/h4-10H,1-3H3. The molecule has 1 aliphatic rings. The monoisotopic (exact) mass is 164 g/mol. The molecule has 0 saturated heterocycles. The van der Waals surface area contributed by atoms with Crippen molar-refractivity contribution in [3.05, 3.63) is 36.1 Å². The molecule has 0 radical (unpaired) electrons. The minimum Gasteiger partial charge on any atom is -0.500 e. The van der Waals surface area contributed by atoms with Gasteiger partial charge in [-0.15, -0.1) is 0 Å². The van der Waals surface area contributed by atoms with Crippen molar-refractivity contribution < 1.29 is 4.74 Å². The Bertz CT molecular complexity index is 221. The third kappa shape index (κ3) is 2.00. The van der Waals surface area contributed by atoms with Gasteiger partial charge in [-0.3, -0.25) is 0 Å². The molecule has 1 rings (SSSR count). The van der Waals surface area contributed by atoms with E-state index in [9.17, 15) is 0 Å². The molecule has 0 spiro atoms. The minimum atomic E-state index is 0.421. The molecule has 0 amide bonds. The maximum absolute atomic E-state index is 5.30. The summed E-state index contributed by atoms with van der Waals surface area (Å²) in [6.45, 7) is 4.40. The fourth-order valence-electron chi connectivity index (χ4n) is 1.36. The first-order valence-corrected chi connectivity index (χ1v) is 4.34. The van der Waals surface area contributed by atoms with Crippen LogP contribution in [0.25, 0.3) is 0 Å². The first-order chi connectivity index (χ1) is 5.75. The van der Waals surface area contributed by atoms with Crippen LogP contribution in [-0.2, 0) is 4.74 Å². The second-order valence-corrected chi connectivity index (χ2v) is 3.31. The predicted molar refractivity (Wildman–Crippen MR) is 51.7 cm³/mol. The maximum atomic E-state index is 5.30. The Hall–Kier alpha value is -0.980. The zero-order valence-electron chi connectivity index (χ0n) is 7.95. The van der Waals surface area contributed by atoms with Crippen molar-refractivity contribution >= 4 is 0 Å².